The Morgan fingerprint density at radius 3 is 2.04 bits per heavy atom. The summed E-state index contributed by atoms with van der Waals surface area (Å²) in [6.07, 6.45) is 4.67. The predicted molar refractivity (Wildman–Crippen MR) is 103 cm³/mol. The molecule has 0 aromatic heterocycles. The molecule has 0 radical (unpaired) electrons. The van der Waals surface area contributed by atoms with Crippen molar-refractivity contribution in [3.05, 3.63) is 59.7 Å². The van der Waals surface area contributed by atoms with E-state index >= 15 is 0 Å². The van der Waals surface area contributed by atoms with Crippen molar-refractivity contribution >= 4 is 12.4 Å². The lowest BCUT2D eigenvalue weighted by Gasteiger charge is -2.31. The van der Waals surface area contributed by atoms with Crippen LogP contribution in [0.2, 0.25) is 0 Å². The minimum Gasteiger partial charge on any atom is -0.483 e. The minimum absolute atomic E-state index is 0.105. The number of nitrogens with two attached hydrogens (primary N) is 1. The van der Waals surface area contributed by atoms with Crippen LogP contribution in [-0.4, -0.2) is 29.7 Å². The van der Waals surface area contributed by atoms with Gasteiger partial charge in [-0.05, 0) is 35.1 Å². The van der Waals surface area contributed by atoms with Crippen molar-refractivity contribution in [2.45, 2.75) is 43.6 Å². The fourth-order valence-electron chi connectivity index (χ4n) is 4.13. The van der Waals surface area contributed by atoms with Gasteiger partial charge < -0.3 is 15.6 Å². The molecule has 0 aliphatic heterocycles. The Hall–Kier alpha value is -2.66. The third-order valence-corrected chi connectivity index (χ3v) is 5.50. The largest absolute Gasteiger partial charge is 0.483 e. The van der Waals surface area contributed by atoms with Crippen LogP contribution in [0.5, 0.6) is 0 Å². The monoisotopic (exact) mass is 367 g/mol. The van der Waals surface area contributed by atoms with Gasteiger partial charge in [-0.25, -0.2) is 0 Å². The van der Waals surface area contributed by atoms with Gasteiger partial charge in [-0.3, -0.25) is 9.59 Å². The summed E-state index contributed by atoms with van der Waals surface area (Å²) in [4.78, 5) is 20.9. The van der Waals surface area contributed by atoms with Gasteiger partial charge in [0.15, 0.2) is 0 Å². The number of rotatable bonds is 3. The van der Waals surface area contributed by atoms with Crippen LogP contribution in [0.4, 0.5) is 0 Å². The molecule has 142 valence electrons. The standard InChI is InChI=1S/C21H23NO2.CH2O2/c22-21(12-6-1-7-13-21)20(23)24-14-19-17-10-4-2-8-15(17)16-9-3-5-11-18(16)19;2-1-3/h2-5,8-11,19H,1,6-7,12-14,22H2;1H,(H,2,3). The Morgan fingerprint density at radius 1 is 1.04 bits per heavy atom. The Labute approximate surface area is 159 Å². The number of benzene rings is 2. The zero-order chi connectivity index (χ0) is 19.3. The van der Waals surface area contributed by atoms with Crippen molar-refractivity contribution in [1.82, 2.24) is 0 Å². The zero-order valence-electron chi connectivity index (χ0n) is 15.3. The van der Waals surface area contributed by atoms with Gasteiger partial charge in [0.05, 0.1) is 0 Å². The molecule has 1 saturated carbocycles. The van der Waals surface area contributed by atoms with Crippen LogP contribution in [0, 0.1) is 0 Å². The number of esters is 1. The first-order valence-corrected chi connectivity index (χ1v) is 9.33. The van der Waals surface area contributed by atoms with E-state index in [9.17, 15) is 4.79 Å². The maximum atomic E-state index is 12.6. The molecule has 2 aliphatic carbocycles. The first-order chi connectivity index (χ1) is 13.1. The van der Waals surface area contributed by atoms with Crippen LogP contribution in [-0.2, 0) is 14.3 Å². The van der Waals surface area contributed by atoms with E-state index < -0.39 is 5.54 Å². The number of carboxylic acid groups (broad SMARTS) is 1. The van der Waals surface area contributed by atoms with Gasteiger partial charge in [-0.2, -0.15) is 0 Å². The summed E-state index contributed by atoms with van der Waals surface area (Å²) in [6, 6.07) is 16.8. The van der Waals surface area contributed by atoms with E-state index in [4.69, 9.17) is 20.4 Å². The van der Waals surface area contributed by atoms with Gasteiger partial charge in [0.2, 0.25) is 0 Å². The quantitative estimate of drug-likeness (QED) is 0.638. The normalized spacial score (nSPS) is 17.1. The van der Waals surface area contributed by atoms with Crippen LogP contribution in [0.25, 0.3) is 11.1 Å². The van der Waals surface area contributed by atoms with Crippen molar-refractivity contribution in [3.8, 4) is 11.1 Å². The summed E-state index contributed by atoms with van der Waals surface area (Å²) < 4.78 is 5.72. The van der Waals surface area contributed by atoms with Crippen molar-refractivity contribution in [2.24, 2.45) is 5.73 Å². The van der Waals surface area contributed by atoms with Gasteiger partial charge in [-0.1, -0.05) is 67.8 Å². The van der Waals surface area contributed by atoms with Crippen LogP contribution < -0.4 is 5.73 Å². The number of fused-ring (bicyclic) bond motifs is 3. The maximum Gasteiger partial charge on any atom is 0.326 e. The molecule has 0 atom stereocenters. The SMILES string of the molecule is NC1(C(=O)OCC2c3ccccc3-c3ccccc32)CCCCC1.O=CO. The molecule has 0 spiro atoms. The number of carbonyl (C=O) groups is 2. The summed E-state index contributed by atoms with van der Waals surface area (Å²) in [5, 5.41) is 6.89. The average molecular weight is 367 g/mol. The smallest absolute Gasteiger partial charge is 0.326 e. The lowest BCUT2D eigenvalue weighted by Crippen LogP contribution is -2.50. The van der Waals surface area contributed by atoms with E-state index in [1.165, 1.54) is 22.3 Å². The first kappa shape index (κ1) is 19.1. The van der Waals surface area contributed by atoms with E-state index in [1.54, 1.807) is 0 Å². The predicted octanol–water partition coefficient (Wildman–Crippen LogP) is 3.70. The molecule has 0 heterocycles. The molecule has 4 rings (SSSR count). The summed E-state index contributed by atoms with van der Waals surface area (Å²) in [5.74, 6) is -0.127. The fourth-order valence-corrected chi connectivity index (χ4v) is 4.13. The molecule has 3 N–H and O–H groups in total. The number of carbonyl (C=O) groups excluding carboxylic acids is 1. The molecule has 2 aliphatic rings. The highest BCUT2D eigenvalue weighted by atomic mass is 16.5. The van der Waals surface area contributed by atoms with E-state index in [2.05, 4.69) is 36.4 Å². The maximum absolute atomic E-state index is 12.6. The van der Waals surface area contributed by atoms with Crippen molar-refractivity contribution in [1.29, 1.82) is 0 Å². The van der Waals surface area contributed by atoms with Gasteiger partial charge in [0.25, 0.3) is 6.47 Å². The Morgan fingerprint density at radius 2 is 1.52 bits per heavy atom. The topological polar surface area (TPSA) is 89.6 Å². The van der Waals surface area contributed by atoms with Crippen LogP contribution in [0.3, 0.4) is 0 Å². The molecular weight excluding hydrogens is 342 g/mol. The summed E-state index contributed by atoms with van der Waals surface area (Å²) in [6.45, 7) is 0.117. The van der Waals surface area contributed by atoms with E-state index in [1.807, 2.05) is 12.1 Å². The minimum atomic E-state index is -0.782. The molecule has 27 heavy (non-hydrogen) atoms. The summed E-state index contributed by atoms with van der Waals surface area (Å²) in [5.41, 5.74) is 10.5. The fraction of sp³-hybridized carbons (Fsp3) is 0.364. The van der Waals surface area contributed by atoms with Crippen LogP contribution in [0.1, 0.15) is 49.1 Å². The zero-order valence-corrected chi connectivity index (χ0v) is 15.3. The van der Waals surface area contributed by atoms with Gasteiger partial charge in [0.1, 0.15) is 12.1 Å². The summed E-state index contributed by atoms with van der Waals surface area (Å²) >= 11 is 0. The first-order valence-electron chi connectivity index (χ1n) is 9.33. The van der Waals surface area contributed by atoms with Gasteiger partial charge >= 0.3 is 5.97 Å². The van der Waals surface area contributed by atoms with Crippen molar-refractivity contribution < 1.29 is 19.4 Å². The molecular formula is C22H25NO4. The number of hydrogen-bond acceptors (Lipinski definition) is 4. The molecule has 2 aromatic rings. The average Bonchev–Trinajstić information content (AvgIpc) is 3.01. The highest BCUT2D eigenvalue weighted by molar-refractivity contribution is 5.82. The third kappa shape index (κ3) is 3.88. The summed E-state index contributed by atoms with van der Waals surface area (Å²) in [7, 11) is 0. The Kier molecular flexibility index (Phi) is 5.91. The van der Waals surface area contributed by atoms with E-state index in [0.29, 0.717) is 6.61 Å². The van der Waals surface area contributed by atoms with Crippen molar-refractivity contribution in [3.63, 3.8) is 0 Å². The van der Waals surface area contributed by atoms with Crippen LogP contribution >= 0.6 is 0 Å². The van der Waals surface area contributed by atoms with E-state index in [-0.39, 0.29) is 18.4 Å². The highest BCUT2D eigenvalue weighted by Crippen LogP contribution is 2.44. The number of ether oxygens (including phenoxy) is 1. The molecule has 1 fully saturated rings. The molecule has 0 saturated heterocycles. The lowest BCUT2D eigenvalue weighted by molar-refractivity contribution is -0.151. The van der Waals surface area contributed by atoms with E-state index in [0.717, 1.165) is 32.1 Å². The molecule has 2 aromatic carbocycles. The van der Waals surface area contributed by atoms with Crippen LogP contribution in [0.15, 0.2) is 48.5 Å². The molecule has 0 amide bonds. The Bertz CT molecular complexity index is 766. The molecule has 0 unspecified atom stereocenters. The second kappa shape index (κ2) is 8.35. The second-order valence-electron chi connectivity index (χ2n) is 7.15. The lowest BCUT2D eigenvalue weighted by atomic mass is 9.82. The third-order valence-electron chi connectivity index (χ3n) is 5.50. The Balaban J connectivity index is 0.000000659. The second-order valence-corrected chi connectivity index (χ2v) is 7.15. The van der Waals surface area contributed by atoms with Gasteiger partial charge in [0, 0.05) is 5.92 Å². The highest BCUT2D eigenvalue weighted by Gasteiger charge is 2.38. The van der Waals surface area contributed by atoms with Gasteiger partial charge in [-0.15, -0.1) is 0 Å². The van der Waals surface area contributed by atoms with Crippen molar-refractivity contribution in [2.75, 3.05) is 6.61 Å². The molecule has 5 heteroatoms. The molecule has 5 nitrogen and oxygen atoms in total. The molecule has 0 bridgehead atoms. The number of hydrogen-bond donors (Lipinski definition) is 2.